The number of nitrogens with zero attached hydrogens (tertiary/aromatic N) is 1. The minimum Gasteiger partial charge on any atom is -0.295 e. The summed E-state index contributed by atoms with van der Waals surface area (Å²) >= 11 is 0. The van der Waals surface area contributed by atoms with Gasteiger partial charge in [-0.1, -0.05) is 18.2 Å². The van der Waals surface area contributed by atoms with Gasteiger partial charge in [0.1, 0.15) is 0 Å². The molecule has 2 aliphatic rings. The molecule has 1 unspecified atom stereocenters. The Hall–Kier alpha value is -2.50. The van der Waals surface area contributed by atoms with E-state index < -0.39 is 29.0 Å². The predicted octanol–water partition coefficient (Wildman–Crippen LogP) is -0.0268. The number of fused-ring (bicyclic) bond motifs is 2. The predicted molar refractivity (Wildman–Crippen MR) is 67.6 cm³/mol. The van der Waals surface area contributed by atoms with E-state index in [1.165, 1.54) is 0 Å². The lowest BCUT2D eigenvalue weighted by molar-refractivity contribution is -0.141. The first-order valence-electron chi connectivity index (χ1n) is 6.32. The molecule has 1 aromatic rings. The van der Waals surface area contributed by atoms with Crippen LogP contribution < -0.4 is 5.32 Å². The average Bonchev–Trinajstić information content (AvgIpc) is 2.73. The van der Waals surface area contributed by atoms with Crippen LogP contribution in [0.2, 0.25) is 0 Å². The van der Waals surface area contributed by atoms with Crippen LogP contribution in [0.4, 0.5) is 0 Å². The van der Waals surface area contributed by atoms with Crippen molar-refractivity contribution < 1.29 is 19.2 Å². The van der Waals surface area contributed by atoms with Gasteiger partial charge in [-0.2, -0.15) is 0 Å². The van der Waals surface area contributed by atoms with E-state index in [1.807, 2.05) is 0 Å². The van der Waals surface area contributed by atoms with Crippen LogP contribution in [0.1, 0.15) is 29.3 Å². The molecule has 2 aliphatic heterocycles. The molecular weight excluding hydrogens is 260 g/mol. The summed E-state index contributed by atoms with van der Waals surface area (Å²) < 4.78 is 0. The number of nitrogens with one attached hydrogen (secondary N) is 1. The quantitative estimate of drug-likeness (QED) is 0.575. The van der Waals surface area contributed by atoms with Crippen LogP contribution in [0.25, 0.3) is 0 Å². The van der Waals surface area contributed by atoms with Crippen LogP contribution in [0.3, 0.4) is 0 Å². The maximum atomic E-state index is 12.6. The largest absolute Gasteiger partial charge is 0.295 e. The van der Waals surface area contributed by atoms with Crippen LogP contribution >= 0.6 is 0 Å². The molecule has 1 N–H and O–H groups in total. The highest BCUT2D eigenvalue weighted by molar-refractivity contribution is 6.28. The zero-order chi connectivity index (χ0) is 14.5. The smallest absolute Gasteiger partial charge is 0.260 e. The van der Waals surface area contributed by atoms with E-state index in [2.05, 4.69) is 5.32 Å². The third-order valence-corrected chi connectivity index (χ3v) is 3.86. The number of imide groups is 2. The molecular formula is C14H12N2O4. The molecule has 0 bridgehead atoms. The molecule has 6 heteroatoms. The van der Waals surface area contributed by atoms with Crippen molar-refractivity contribution >= 4 is 23.6 Å². The molecule has 0 radical (unpaired) electrons. The summed E-state index contributed by atoms with van der Waals surface area (Å²) in [5.41, 5.74) is -0.959. The fraction of sp³-hybridized carbons (Fsp3) is 0.286. The minimum absolute atomic E-state index is 0.162. The molecule has 20 heavy (non-hydrogen) atoms. The molecule has 6 nitrogen and oxygen atoms in total. The van der Waals surface area contributed by atoms with Gasteiger partial charge in [-0.15, -0.1) is 0 Å². The Labute approximate surface area is 114 Å². The van der Waals surface area contributed by atoms with Gasteiger partial charge in [0.15, 0.2) is 5.41 Å². The Morgan fingerprint density at radius 1 is 1.20 bits per heavy atom. The van der Waals surface area contributed by atoms with E-state index in [-0.39, 0.29) is 13.0 Å². The lowest BCUT2D eigenvalue weighted by Crippen LogP contribution is -2.57. The first-order chi connectivity index (χ1) is 9.52. The van der Waals surface area contributed by atoms with Crippen LogP contribution in [0.5, 0.6) is 0 Å². The molecule has 102 valence electrons. The molecule has 0 saturated carbocycles. The standard InChI is InChI=1S/C14H12N2O4/c1-2-16-11(18)8-5-3-4-6-9(8)14(13(16)20)7-10(17)15-12(14)19/h3-6H,2,7H2,1H3,(H,15,17,19). The molecule has 3 rings (SSSR count). The fourth-order valence-corrected chi connectivity index (χ4v) is 2.90. The number of hydrogen-bond acceptors (Lipinski definition) is 4. The first-order valence-corrected chi connectivity index (χ1v) is 6.32. The maximum absolute atomic E-state index is 12.6. The van der Waals surface area contributed by atoms with Gasteiger partial charge in [0.25, 0.3) is 5.91 Å². The molecule has 1 spiro atoms. The number of amides is 4. The highest BCUT2D eigenvalue weighted by Crippen LogP contribution is 2.40. The number of carbonyl (C=O) groups excluding carboxylic acids is 4. The molecule has 1 fully saturated rings. The Morgan fingerprint density at radius 3 is 2.50 bits per heavy atom. The van der Waals surface area contributed by atoms with Crippen LogP contribution in [0.15, 0.2) is 24.3 Å². The van der Waals surface area contributed by atoms with Crippen molar-refractivity contribution in [1.82, 2.24) is 10.2 Å². The Bertz CT molecular complexity index is 667. The van der Waals surface area contributed by atoms with E-state index in [4.69, 9.17) is 0 Å². The van der Waals surface area contributed by atoms with Crippen molar-refractivity contribution in [2.45, 2.75) is 18.8 Å². The van der Waals surface area contributed by atoms with Gasteiger partial charge < -0.3 is 0 Å². The SMILES string of the molecule is CCN1C(=O)c2ccccc2C2(CC(=O)NC2=O)C1=O. The van der Waals surface area contributed by atoms with Crippen molar-refractivity contribution in [1.29, 1.82) is 0 Å². The molecule has 0 aromatic heterocycles. The van der Waals surface area contributed by atoms with E-state index in [9.17, 15) is 19.2 Å². The Morgan fingerprint density at radius 2 is 1.90 bits per heavy atom. The van der Waals surface area contributed by atoms with Crippen LogP contribution in [-0.4, -0.2) is 35.1 Å². The highest BCUT2D eigenvalue weighted by Gasteiger charge is 2.60. The average molecular weight is 272 g/mol. The van der Waals surface area contributed by atoms with Gasteiger partial charge in [0.2, 0.25) is 17.7 Å². The fourth-order valence-electron chi connectivity index (χ4n) is 2.90. The van der Waals surface area contributed by atoms with Gasteiger partial charge in [-0.05, 0) is 18.6 Å². The summed E-state index contributed by atoms with van der Waals surface area (Å²) in [5, 5.41) is 2.17. The molecule has 0 aliphatic carbocycles. The number of benzene rings is 1. The monoisotopic (exact) mass is 272 g/mol. The highest BCUT2D eigenvalue weighted by atomic mass is 16.2. The van der Waals surface area contributed by atoms with Gasteiger partial charge in [0.05, 0.1) is 6.42 Å². The van der Waals surface area contributed by atoms with E-state index >= 15 is 0 Å². The topological polar surface area (TPSA) is 83.6 Å². The Kier molecular flexibility index (Phi) is 2.50. The molecule has 1 saturated heterocycles. The Balaban J connectivity index is 2.31. The van der Waals surface area contributed by atoms with Crippen LogP contribution in [0, 0.1) is 0 Å². The summed E-state index contributed by atoms with van der Waals surface area (Å²) in [7, 11) is 0. The van der Waals surface area contributed by atoms with Crippen molar-refractivity contribution in [3.63, 3.8) is 0 Å². The van der Waals surface area contributed by atoms with E-state index in [0.717, 1.165) is 4.90 Å². The van der Waals surface area contributed by atoms with E-state index in [1.54, 1.807) is 31.2 Å². The lowest BCUT2D eigenvalue weighted by atomic mass is 9.72. The third-order valence-electron chi connectivity index (χ3n) is 3.86. The number of hydrogen-bond donors (Lipinski definition) is 1. The minimum atomic E-state index is -1.59. The maximum Gasteiger partial charge on any atom is 0.260 e. The molecule has 1 aromatic carbocycles. The molecule has 1 atom stereocenters. The number of rotatable bonds is 1. The first kappa shape index (κ1) is 12.5. The normalized spacial score (nSPS) is 25.1. The second-order valence-corrected chi connectivity index (χ2v) is 4.86. The zero-order valence-electron chi connectivity index (χ0n) is 10.8. The lowest BCUT2D eigenvalue weighted by Gasteiger charge is -2.36. The summed E-state index contributed by atoms with van der Waals surface area (Å²) in [5.74, 6) is -2.19. The van der Waals surface area contributed by atoms with Crippen molar-refractivity contribution in [3.8, 4) is 0 Å². The number of carbonyl (C=O) groups is 4. The zero-order valence-corrected chi connectivity index (χ0v) is 10.8. The van der Waals surface area contributed by atoms with Crippen LogP contribution in [-0.2, 0) is 19.8 Å². The third kappa shape index (κ3) is 1.33. The summed E-state index contributed by atoms with van der Waals surface area (Å²) in [4.78, 5) is 49.7. The van der Waals surface area contributed by atoms with Crippen molar-refractivity contribution in [3.05, 3.63) is 35.4 Å². The molecule has 2 heterocycles. The number of likely N-dealkylation sites (N-methyl/N-ethyl adjacent to an activating group) is 1. The van der Waals surface area contributed by atoms with Crippen molar-refractivity contribution in [2.24, 2.45) is 0 Å². The second-order valence-electron chi connectivity index (χ2n) is 4.86. The summed E-state index contributed by atoms with van der Waals surface area (Å²) in [6, 6.07) is 6.46. The molecule has 4 amide bonds. The van der Waals surface area contributed by atoms with Gasteiger partial charge in [-0.3, -0.25) is 29.4 Å². The summed E-state index contributed by atoms with van der Waals surface area (Å²) in [6.07, 6.45) is -0.245. The van der Waals surface area contributed by atoms with Crippen molar-refractivity contribution in [2.75, 3.05) is 6.54 Å². The van der Waals surface area contributed by atoms with E-state index in [0.29, 0.717) is 11.1 Å². The van der Waals surface area contributed by atoms with Gasteiger partial charge >= 0.3 is 0 Å². The van der Waals surface area contributed by atoms with Gasteiger partial charge in [0, 0.05) is 12.1 Å². The second kappa shape index (κ2) is 4.00. The summed E-state index contributed by atoms with van der Waals surface area (Å²) in [6.45, 7) is 1.82. The van der Waals surface area contributed by atoms with Gasteiger partial charge in [-0.25, -0.2) is 0 Å².